The van der Waals surface area contributed by atoms with Crippen LogP contribution in [-0.4, -0.2) is 17.6 Å². The monoisotopic (exact) mass is 373 g/mol. The highest BCUT2D eigenvalue weighted by Gasteiger charge is 2.30. The summed E-state index contributed by atoms with van der Waals surface area (Å²) in [5.74, 6) is 0.460. The molecule has 0 saturated carbocycles. The van der Waals surface area contributed by atoms with Crippen LogP contribution in [0.2, 0.25) is 0 Å². The largest absolute Gasteiger partial charge is 0.492 e. The Morgan fingerprint density at radius 2 is 2.12 bits per heavy atom. The second kappa shape index (κ2) is 7.67. The molecular formula is C18H19N3O2S2. The van der Waals surface area contributed by atoms with Crippen molar-refractivity contribution in [1.29, 1.82) is 0 Å². The summed E-state index contributed by atoms with van der Waals surface area (Å²) in [6.07, 6.45) is 0. The van der Waals surface area contributed by atoms with E-state index in [2.05, 4.69) is 16.0 Å². The Labute approximate surface area is 156 Å². The number of thiocarbonyl (C=S) groups is 1. The van der Waals surface area contributed by atoms with Crippen LogP contribution >= 0.6 is 23.6 Å². The summed E-state index contributed by atoms with van der Waals surface area (Å²) < 4.78 is 5.59. The first-order valence-corrected chi connectivity index (χ1v) is 9.23. The predicted molar refractivity (Wildman–Crippen MR) is 105 cm³/mol. The van der Waals surface area contributed by atoms with Gasteiger partial charge in [0.2, 0.25) is 0 Å². The van der Waals surface area contributed by atoms with Gasteiger partial charge in [-0.2, -0.15) is 0 Å². The maximum absolute atomic E-state index is 13.0. The first-order chi connectivity index (χ1) is 12.1. The average Bonchev–Trinajstić information content (AvgIpc) is 3.10. The zero-order chi connectivity index (χ0) is 17.8. The van der Waals surface area contributed by atoms with Crippen LogP contribution in [0, 0.1) is 0 Å². The first kappa shape index (κ1) is 17.4. The molecule has 2 heterocycles. The highest BCUT2D eigenvalue weighted by molar-refractivity contribution is 7.80. The molecule has 0 fully saturated rings. The van der Waals surface area contributed by atoms with Crippen molar-refractivity contribution >= 4 is 40.3 Å². The molecule has 2 aromatic rings. The summed E-state index contributed by atoms with van der Waals surface area (Å²) in [7, 11) is 0. The van der Waals surface area contributed by atoms with E-state index in [4.69, 9.17) is 17.0 Å². The number of carbonyl (C=O) groups excluding carboxylic acids is 1. The lowest BCUT2D eigenvalue weighted by Crippen LogP contribution is -2.45. The Balaban J connectivity index is 1.91. The smallest absolute Gasteiger partial charge is 0.255 e. The molecule has 0 unspecified atom stereocenters. The third-order valence-electron chi connectivity index (χ3n) is 3.78. The fraction of sp³-hybridized carbons (Fsp3) is 0.222. The van der Waals surface area contributed by atoms with Gasteiger partial charge in [-0.05, 0) is 49.6 Å². The molecule has 1 atom stereocenters. The van der Waals surface area contributed by atoms with Crippen molar-refractivity contribution in [1.82, 2.24) is 10.6 Å². The van der Waals surface area contributed by atoms with E-state index in [0.717, 1.165) is 10.6 Å². The summed E-state index contributed by atoms with van der Waals surface area (Å²) >= 11 is 6.84. The lowest BCUT2D eigenvalue weighted by atomic mass is 10.0. The average molecular weight is 374 g/mol. The molecule has 7 heteroatoms. The lowest BCUT2D eigenvalue weighted by molar-refractivity contribution is -0.113. The zero-order valence-electron chi connectivity index (χ0n) is 14.0. The molecule has 1 aromatic heterocycles. The fourth-order valence-electron chi connectivity index (χ4n) is 2.70. The summed E-state index contributed by atoms with van der Waals surface area (Å²) in [6.45, 7) is 4.30. The predicted octanol–water partition coefficient (Wildman–Crippen LogP) is 3.58. The standard InChI is InChI=1S/C18H19N3O2S2/c1-3-23-13-8-5-4-7-12(13)20-17(22)15-11(2)19-18(24)21-16(15)14-9-6-10-25-14/h4-10,16H,3H2,1-2H3,(H,20,22)(H2,19,21,24)/t16-/m1/s1. The number of rotatable bonds is 5. The summed E-state index contributed by atoms with van der Waals surface area (Å²) in [5.41, 5.74) is 2.00. The van der Waals surface area contributed by atoms with Gasteiger partial charge >= 0.3 is 0 Å². The third-order valence-corrected chi connectivity index (χ3v) is 4.93. The van der Waals surface area contributed by atoms with Crippen LogP contribution < -0.4 is 20.7 Å². The molecule has 1 aliphatic rings. The molecule has 1 aliphatic heterocycles. The Morgan fingerprint density at radius 1 is 1.32 bits per heavy atom. The lowest BCUT2D eigenvalue weighted by Gasteiger charge is -2.29. The molecule has 0 aliphatic carbocycles. The van der Waals surface area contributed by atoms with Crippen molar-refractivity contribution in [2.45, 2.75) is 19.9 Å². The molecule has 0 saturated heterocycles. The van der Waals surface area contributed by atoms with Gasteiger partial charge in [-0.1, -0.05) is 18.2 Å². The topological polar surface area (TPSA) is 62.4 Å². The Morgan fingerprint density at radius 3 is 2.84 bits per heavy atom. The summed E-state index contributed by atoms with van der Waals surface area (Å²) in [6, 6.07) is 11.1. The van der Waals surface area contributed by atoms with Crippen molar-refractivity contribution in [2.24, 2.45) is 0 Å². The number of para-hydroxylation sites is 2. The van der Waals surface area contributed by atoms with Crippen LogP contribution in [0.3, 0.4) is 0 Å². The van der Waals surface area contributed by atoms with Gasteiger partial charge in [-0.3, -0.25) is 4.79 Å². The van der Waals surface area contributed by atoms with Crippen molar-refractivity contribution in [3.05, 3.63) is 57.9 Å². The van der Waals surface area contributed by atoms with Gasteiger partial charge in [-0.25, -0.2) is 0 Å². The Hall–Kier alpha value is -2.38. The number of nitrogens with one attached hydrogen (secondary N) is 3. The minimum atomic E-state index is -0.270. The molecule has 3 N–H and O–H groups in total. The Kier molecular flexibility index (Phi) is 5.35. The molecule has 3 rings (SSSR count). The van der Waals surface area contributed by atoms with Crippen molar-refractivity contribution in [2.75, 3.05) is 11.9 Å². The van der Waals surface area contributed by atoms with Gasteiger partial charge in [0.1, 0.15) is 5.75 Å². The minimum absolute atomic E-state index is 0.189. The van der Waals surface area contributed by atoms with E-state index in [0.29, 0.717) is 28.7 Å². The minimum Gasteiger partial charge on any atom is -0.492 e. The summed E-state index contributed by atoms with van der Waals surface area (Å²) in [5, 5.41) is 11.7. The quantitative estimate of drug-likeness (QED) is 0.700. The normalized spacial score (nSPS) is 16.9. The third kappa shape index (κ3) is 3.83. The maximum atomic E-state index is 13.0. The molecule has 130 valence electrons. The molecular weight excluding hydrogens is 354 g/mol. The number of anilines is 1. The maximum Gasteiger partial charge on any atom is 0.255 e. The molecule has 0 bridgehead atoms. The molecule has 1 aromatic carbocycles. The van der Waals surface area contributed by atoms with Crippen LogP contribution in [-0.2, 0) is 4.79 Å². The number of thiophene rings is 1. The SMILES string of the molecule is CCOc1ccccc1NC(=O)C1=C(C)NC(=S)N[C@@H]1c1cccs1. The van der Waals surface area contributed by atoms with Crippen LogP contribution in [0.4, 0.5) is 5.69 Å². The van der Waals surface area contributed by atoms with Gasteiger partial charge in [0.15, 0.2) is 5.11 Å². The Bertz CT molecular complexity index is 815. The fourth-order valence-corrected chi connectivity index (χ4v) is 3.76. The first-order valence-electron chi connectivity index (χ1n) is 7.95. The second-order valence-corrected chi connectivity index (χ2v) is 6.86. The molecule has 0 radical (unpaired) electrons. The van der Waals surface area contributed by atoms with Gasteiger partial charge in [0.25, 0.3) is 5.91 Å². The van der Waals surface area contributed by atoms with E-state index in [9.17, 15) is 4.79 Å². The number of benzene rings is 1. The van der Waals surface area contributed by atoms with Crippen LogP contribution in [0.25, 0.3) is 0 Å². The van der Waals surface area contributed by atoms with Crippen LogP contribution in [0.1, 0.15) is 24.8 Å². The highest BCUT2D eigenvalue weighted by Crippen LogP contribution is 2.32. The molecule has 1 amide bonds. The number of ether oxygens (including phenoxy) is 1. The van der Waals surface area contributed by atoms with Crippen molar-refractivity contribution in [3.8, 4) is 5.75 Å². The summed E-state index contributed by atoms with van der Waals surface area (Å²) in [4.78, 5) is 14.0. The van der Waals surface area contributed by atoms with Crippen molar-refractivity contribution < 1.29 is 9.53 Å². The number of amides is 1. The number of hydrogen-bond acceptors (Lipinski definition) is 4. The van der Waals surface area contributed by atoms with E-state index in [1.807, 2.05) is 55.6 Å². The van der Waals surface area contributed by atoms with E-state index < -0.39 is 0 Å². The number of allylic oxidation sites excluding steroid dienone is 1. The van der Waals surface area contributed by atoms with Gasteiger partial charge in [-0.15, -0.1) is 11.3 Å². The molecule has 25 heavy (non-hydrogen) atoms. The van der Waals surface area contributed by atoms with Gasteiger partial charge < -0.3 is 20.7 Å². The van der Waals surface area contributed by atoms with Gasteiger partial charge in [0, 0.05) is 10.6 Å². The number of hydrogen-bond donors (Lipinski definition) is 3. The second-order valence-electron chi connectivity index (χ2n) is 5.47. The molecule has 0 spiro atoms. The van der Waals surface area contributed by atoms with Crippen LogP contribution in [0.5, 0.6) is 5.75 Å². The highest BCUT2D eigenvalue weighted by atomic mass is 32.1. The van der Waals surface area contributed by atoms with E-state index in [-0.39, 0.29) is 11.9 Å². The molecule has 5 nitrogen and oxygen atoms in total. The van der Waals surface area contributed by atoms with Crippen LogP contribution in [0.15, 0.2) is 53.0 Å². The van der Waals surface area contributed by atoms with Crippen molar-refractivity contribution in [3.63, 3.8) is 0 Å². The number of carbonyl (C=O) groups is 1. The van der Waals surface area contributed by atoms with E-state index in [1.165, 1.54) is 0 Å². The van der Waals surface area contributed by atoms with E-state index in [1.54, 1.807) is 11.3 Å². The van der Waals surface area contributed by atoms with E-state index >= 15 is 0 Å². The zero-order valence-corrected chi connectivity index (χ0v) is 15.6. The van der Waals surface area contributed by atoms with Gasteiger partial charge in [0.05, 0.1) is 23.9 Å².